The molecule has 0 bridgehead atoms. The molecule has 2 aromatic rings. The van der Waals surface area contributed by atoms with Crippen LogP contribution in [0, 0.1) is 17.8 Å². The first kappa shape index (κ1) is 28.7. The molecule has 0 saturated carbocycles. The Balaban J connectivity index is 1.66. The first-order valence-electron chi connectivity index (χ1n) is 14.0. The zero-order chi connectivity index (χ0) is 28.1. The van der Waals surface area contributed by atoms with E-state index >= 15 is 0 Å². The lowest BCUT2D eigenvalue weighted by Crippen LogP contribution is -2.42. The van der Waals surface area contributed by atoms with E-state index in [0.717, 1.165) is 24.0 Å². The largest absolute Gasteiger partial charge is 0.497 e. The van der Waals surface area contributed by atoms with Crippen LogP contribution in [0.2, 0.25) is 0 Å². The van der Waals surface area contributed by atoms with E-state index in [-0.39, 0.29) is 25.2 Å². The minimum absolute atomic E-state index is 0.0466. The Hall–Kier alpha value is -3.26. The summed E-state index contributed by atoms with van der Waals surface area (Å²) in [6.07, 6.45) is 1.87. The molecule has 1 saturated heterocycles. The van der Waals surface area contributed by atoms with Crippen LogP contribution in [0.5, 0.6) is 17.2 Å². The maximum Gasteiger partial charge on any atom is 0.309 e. The van der Waals surface area contributed by atoms with Crippen molar-refractivity contribution in [2.75, 3.05) is 40.1 Å². The van der Waals surface area contributed by atoms with Crippen molar-refractivity contribution in [1.82, 2.24) is 9.80 Å². The number of aliphatic carboxylic acids is 1. The molecule has 2 heterocycles. The zero-order valence-electron chi connectivity index (χ0n) is 23.8. The second kappa shape index (κ2) is 12.7. The predicted octanol–water partition coefficient (Wildman–Crippen LogP) is 5.19. The van der Waals surface area contributed by atoms with Gasteiger partial charge < -0.3 is 24.2 Å². The smallest absolute Gasteiger partial charge is 0.309 e. The molecule has 1 amide bonds. The molecule has 0 spiro atoms. The van der Waals surface area contributed by atoms with E-state index in [1.54, 1.807) is 7.11 Å². The Labute approximate surface area is 231 Å². The molecular weight excluding hydrogens is 496 g/mol. The second-order valence-electron chi connectivity index (χ2n) is 11.5. The lowest BCUT2D eigenvalue weighted by Gasteiger charge is -2.30. The molecule has 0 aromatic heterocycles. The van der Waals surface area contributed by atoms with Crippen LogP contribution < -0.4 is 14.2 Å². The summed E-state index contributed by atoms with van der Waals surface area (Å²) in [5.41, 5.74) is 1.73. The molecular formula is C31H42N2O6. The van der Waals surface area contributed by atoms with E-state index in [9.17, 15) is 14.7 Å². The van der Waals surface area contributed by atoms with Gasteiger partial charge >= 0.3 is 5.97 Å². The normalized spacial score (nSPS) is 20.5. The van der Waals surface area contributed by atoms with Crippen LogP contribution in [0.25, 0.3) is 0 Å². The van der Waals surface area contributed by atoms with E-state index in [0.29, 0.717) is 48.7 Å². The van der Waals surface area contributed by atoms with Gasteiger partial charge in [-0.3, -0.25) is 14.5 Å². The van der Waals surface area contributed by atoms with Crippen molar-refractivity contribution in [2.24, 2.45) is 17.8 Å². The van der Waals surface area contributed by atoms with E-state index in [4.69, 9.17) is 14.2 Å². The summed E-state index contributed by atoms with van der Waals surface area (Å²) >= 11 is 0. The topological polar surface area (TPSA) is 88.5 Å². The van der Waals surface area contributed by atoms with Gasteiger partial charge in [0.25, 0.3) is 0 Å². The number of amides is 1. The zero-order valence-corrected chi connectivity index (χ0v) is 23.8. The molecule has 0 radical (unpaired) electrons. The lowest BCUT2D eigenvalue weighted by atomic mass is 9.82. The van der Waals surface area contributed by atoms with Crippen molar-refractivity contribution < 1.29 is 28.9 Å². The number of likely N-dealkylation sites (tertiary alicyclic amines) is 1. The van der Waals surface area contributed by atoms with Crippen LogP contribution >= 0.6 is 0 Å². The van der Waals surface area contributed by atoms with Crippen LogP contribution in [0.1, 0.15) is 63.6 Å². The summed E-state index contributed by atoms with van der Waals surface area (Å²) in [6.45, 7) is 10.8. The van der Waals surface area contributed by atoms with Crippen molar-refractivity contribution in [3.8, 4) is 17.2 Å². The summed E-state index contributed by atoms with van der Waals surface area (Å²) < 4.78 is 16.4. The molecule has 8 nitrogen and oxygen atoms in total. The fourth-order valence-electron chi connectivity index (χ4n) is 5.54. The molecule has 2 aliphatic rings. The number of rotatable bonds is 12. The van der Waals surface area contributed by atoms with Gasteiger partial charge in [-0.15, -0.1) is 0 Å². The molecule has 4 rings (SSSR count). The number of carboxylic acid groups (broad SMARTS) is 1. The van der Waals surface area contributed by atoms with Crippen molar-refractivity contribution >= 4 is 11.9 Å². The number of hydrogen-bond donors (Lipinski definition) is 1. The molecule has 1 fully saturated rings. The minimum atomic E-state index is -0.884. The summed E-state index contributed by atoms with van der Waals surface area (Å²) in [5.74, 6) is 1.06. The number of nitrogens with zero attached hydrogens (tertiary/aromatic N) is 2. The number of carbonyl (C=O) groups is 2. The van der Waals surface area contributed by atoms with E-state index in [1.807, 2.05) is 47.4 Å². The number of carboxylic acids is 1. The van der Waals surface area contributed by atoms with Gasteiger partial charge in [-0.05, 0) is 60.1 Å². The van der Waals surface area contributed by atoms with Gasteiger partial charge in [0, 0.05) is 31.6 Å². The monoisotopic (exact) mass is 538 g/mol. The average molecular weight is 539 g/mol. The van der Waals surface area contributed by atoms with E-state index in [2.05, 4.69) is 32.6 Å². The second-order valence-corrected chi connectivity index (χ2v) is 11.5. The molecule has 3 atom stereocenters. The Kier molecular flexibility index (Phi) is 9.38. The van der Waals surface area contributed by atoms with Crippen LogP contribution in [0.4, 0.5) is 0 Å². The minimum Gasteiger partial charge on any atom is -0.497 e. The number of fused-ring (bicyclic) bond motifs is 1. The van der Waals surface area contributed by atoms with Crippen molar-refractivity contribution in [1.29, 1.82) is 0 Å². The third-order valence-electron chi connectivity index (χ3n) is 7.81. The van der Waals surface area contributed by atoms with Crippen LogP contribution in [0.3, 0.4) is 0 Å². The number of benzene rings is 2. The standard InChI is InChI=1S/C31H42N2O6/c1-20(2)12-14-32(15-13-21(3)4)28(34)18-33-17-25(23-8-11-26-27(16-23)39-19-38-26)29(31(35)36)30(33)22-6-9-24(37-5)10-7-22/h6-11,16,20-21,25,29-30H,12-15,17-19H2,1-5H3,(H,35,36)/t25-,29-,30+/m1/s1. The third kappa shape index (κ3) is 6.85. The number of carbonyl (C=O) groups excluding carboxylic acids is 1. The predicted molar refractivity (Wildman–Crippen MR) is 149 cm³/mol. The summed E-state index contributed by atoms with van der Waals surface area (Å²) in [7, 11) is 1.61. The SMILES string of the molecule is COc1ccc([C@H]2[C@H](C(=O)O)[C@@H](c3ccc4c(c3)OCO4)CN2CC(=O)N(CCC(C)C)CCC(C)C)cc1. The van der Waals surface area contributed by atoms with Gasteiger partial charge in [0.2, 0.25) is 12.7 Å². The Morgan fingerprint density at radius 2 is 1.59 bits per heavy atom. The molecule has 0 unspecified atom stereocenters. The van der Waals surface area contributed by atoms with Crippen molar-refractivity contribution in [2.45, 2.75) is 52.5 Å². The number of hydrogen-bond acceptors (Lipinski definition) is 6. The van der Waals surface area contributed by atoms with E-state index in [1.165, 1.54) is 0 Å². The van der Waals surface area contributed by atoms with Gasteiger partial charge in [-0.25, -0.2) is 0 Å². The highest BCUT2D eigenvalue weighted by Gasteiger charge is 2.48. The van der Waals surface area contributed by atoms with Gasteiger partial charge in [-0.1, -0.05) is 45.9 Å². The number of methoxy groups -OCH3 is 1. The Morgan fingerprint density at radius 1 is 0.974 bits per heavy atom. The lowest BCUT2D eigenvalue weighted by molar-refractivity contribution is -0.144. The quantitative estimate of drug-likeness (QED) is 0.398. The first-order valence-corrected chi connectivity index (χ1v) is 14.0. The van der Waals surface area contributed by atoms with Crippen LogP contribution in [-0.4, -0.2) is 66.9 Å². The molecule has 0 aliphatic carbocycles. The first-order chi connectivity index (χ1) is 18.7. The Morgan fingerprint density at radius 3 is 2.18 bits per heavy atom. The van der Waals surface area contributed by atoms with E-state index < -0.39 is 17.9 Å². The van der Waals surface area contributed by atoms with Crippen molar-refractivity contribution in [3.05, 3.63) is 53.6 Å². The average Bonchev–Trinajstić information content (AvgIpc) is 3.52. The molecule has 39 heavy (non-hydrogen) atoms. The summed E-state index contributed by atoms with van der Waals surface area (Å²) in [6, 6.07) is 12.7. The molecule has 212 valence electrons. The highest BCUT2D eigenvalue weighted by molar-refractivity contribution is 5.79. The van der Waals surface area contributed by atoms with Gasteiger partial charge in [0.15, 0.2) is 11.5 Å². The molecule has 1 N–H and O–H groups in total. The van der Waals surface area contributed by atoms with Crippen molar-refractivity contribution in [3.63, 3.8) is 0 Å². The maximum absolute atomic E-state index is 13.8. The van der Waals surface area contributed by atoms with Crippen LogP contribution in [0.15, 0.2) is 42.5 Å². The van der Waals surface area contributed by atoms with Gasteiger partial charge in [0.1, 0.15) is 5.75 Å². The molecule has 2 aliphatic heterocycles. The maximum atomic E-state index is 13.8. The van der Waals surface area contributed by atoms with Gasteiger partial charge in [-0.2, -0.15) is 0 Å². The summed E-state index contributed by atoms with van der Waals surface area (Å²) in [4.78, 5) is 30.6. The highest BCUT2D eigenvalue weighted by atomic mass is 16.7. The fourth-order valence-corrected chi connectivity index (χ4v) is 5.54. The number of ether oxygens (including phenoxy) is 3. The fraction of sp³-hybridized carbons (Fsp3) is 0.548. The molecule has 8 heteroatoms. The molecule has 2 aromatic carbocycles. The Bertz CT molecular complexity index is 1120. The third-order valence-corrected chi connectivity index (χ3v) is 7.81. The summed E-state index contributed by atoms with van der Waals surface area (Å²) in [5, 5.41) is 10.5. The van der Waals surface area contributed by atoms with Gasteiger partial charge in [0.05, 0.1) is 19.6 Å². The highest BCUT2D eigenvalue weighted by Crippen LogP contribution is 2.47. The van der Waals surface area contributed by atoms with Crippen LogP contribution in [-0.2, 0) is 9.59 Å².